The van der Waals surface area contributed by atoms with Crippen LogP contribution in [0.25, 0.3) is 0 Å². The van der Waals surface area contributed by atoms with E-state index in [9.17, 15) is 4.79 Å². The number of amides is 1. The van der Waals surface area contributed by atoms with E-state index < -0.39 is 5.60 Å². The number of carbonyl (C=O) groups excluding carboxylic acids is 1. The number of pyridine rings is 1. The van der Waals surface area contributed by atoms with E-state index in [0.29, 0.717) is 6.04 Å². The molecule has 0 N–H and O–H groups in total. The Kier molecular flexibility index (Phi) is 5.51. The number of carbonyl (C=O) groups is 1. The number of hydrogen-bond donors (Lipinski definition) is 0. The summed E-state index contributed by atoms with van der Waals surface area (Å²) < 4.78 is 5.49. The molecule has 1 saturated heterocycles. The Morgan fingerprint density at radius 3 is 2.81 bits per heavy atom. The molecule has 2 heterocycles. The molecule has 1 aromatic heterocycles. The Morgan fingerprint density at radius 1 is 1.43 bits per heavy atom. The number of rotatable bonds is 4. The predicted molar refractivity (Wildman–Crippen MR) is 86.4 cm³/mol. The topological polar surface area (TPSA) is 42.4 Å². The van der Waals surface area contributed by atoms with E-state index in [1.54, 1.807) is 0 Å². The molecular formula is C16H24N2O2S. The quantitative estimate of drug-likeness (QED) is 0.850. The molecule has 1 amide bonds. The van der Waals surface area contributed by atoms with Crippen LogP contribution in [0.3, 0.4) is 0 Å². The minimum absolute atomic E-state index is 0.172. The van der Waals surface area contributed by atoms with Gasteiger partial charge in [0.05, 0.1) is 0 Å². The molecule has 0 radical (unpaired) electrons. The van der Waals surface area contributed by atoms with Crippen LogP contribution in [-0.4, -0.2) is 39.9 Å². The molecule has 2 rings (SSSR count). The maximum absolute atomic E-state index is 12.2. The largest absolute Gasteiger partial charge is 0.444 e. The normalized spacial score (nSPS) is 18.8. The van der Waals surface area contributed by atoms with Crippen LogP contribution in [0.1, 0.15) is 39.2 Å². The first kappa shape index (κ1) is 16.1. The van der Waals surface area contributed by atoms with Crippen molar-refractivity contribution < 1.29 is 9.53 Å². The number of likely N-dealkylation sites (tertiary alicyclic amines) is 1. The Labute approximate surface area is 131 Å². The highest BCUT2D eigenvalue weighted by Gasteiger charge is 2.31. The first-order valence-corrected chi connectivity index (χ1v) is 8.57. The van der Waals surface area contributed by atoms with Crippen LogP contribution in [0, 0.1) is 0 Å². The van der Waals surface area contributed by atoms with Crippen molar-refractivity contribution in [2.75, 3.05) is 12.3 Å². The Bertz CT molecular complexity index is 459. The summed E-state index contributed by atoms with van der Waals surface area (Å²) in [6.45, 7) is 6.55. The number of ether oxygens (including phenoxy) is 1. The van der Waals surface area contributed by atoms with E-state index >= 15 is 0 Å². The summed E-state index contributed by atoms with van der Waals surface area (Å²) >= 11 is 1.87. The molecule has 1 atom stereocenters. The van der Waals surface area contributed by atoms with Crippen LogP contribution in [0.15, 0.2) is 24.5 Å². The van der Waals surface area contributed by atoms with Crippen molar-refractivity contribution in [3.63, 3.8) is 0 Å². The van der Waals surface area contributed by atoms with Gasteiger partial charge in [-0.05, 0) is 51.3 Å². The Hall–Kier alpha value is -1.23. The number of nitrogens with zero attached hydrogens (tertiary/aromatic N) is 2. The first-order chi connectivity index (χ1) is 9.96. The van der Waals surface area contributed by atoms with Crippen molar-refractivity contribution in [1.29, 1.82) is 0 Å². The second-order valence-electron chi connectivity index (χ2n) is 6.34. The summed E-state index contributed by atoms with van der Waals surface area (Å²) in [6.07, 6.45) is 5.61. The van der Waals surface area contributed by atoms with Gasteiger partial charge in [-0.25, -0.2) is 4.79 Å². The summed E-state index contributed by atoms with van der Waals surface area (Å²) in [5, 5.41) is 0. The minimum Gasteiger partial charge on any atom is -0.444 e. The third-order valence-electron chi connectivity index (χ3n) is 3.33. The highest BCUT2D eigenvalue weighted by molar-refractivity contribution is 7.98. The van der Waals surface area contributed by atoms with Gasteiger partial charge in [-0.1, -0.05) is 0 Å². The van der Waals surface area contributed by atoms with Gasteiger partial charge in [0.25, 0.3) is 0 Å². The molecule has 21 heavy (non-hydrogen) atoms. The van der Waals surface area contributed by atoms with E-state index in [-0.39, 0.29) is 6.09 Å². The lowest BCUT2D eigenvalue weighted by Crippen LogP contribution is -2.40. The molecule has 1 aliphatic rings. The van der Waals surface area contributed by atoms with Gasteiger partial charge in [0.2, 0.25) is 0 Å². The first-order valence-electron chi connectivity index (χ1n) is 7.42. The fourth-order valence-electron chi connectivity index (χ4n) is 2.36. The molecular weight excluding hydrogens is 284 g/mol. The molecule has 1 fully saturated rings. The van der Waals surface area contributed by atoms with Gasteiger partial charge in [-0.3, -0.25) is 4.98 Å². The third-order valence-corrected chi connectivity index (χ3v) is 4.49. The summed E-state index contributed by atoms with van der Waals surface area (Å²) in [5.74, 6) is 1.92. The highest BCUT2D eigenvalue weighted by atomic mass is 32.2. The van der Waals surface area contributed by atoms with E-state index in [0.717, 1.165) is 30.9 Å². The molecule has 1 aliphatic heterocycles. The highest BCUT2D eigenvalue weighted by Crippen LogP contribution is 2.25. The minimum atomic E-state index is -0.422. The van der Waals surface area contributed by atoms with E-state index in [2.05, 4.69) is 4.98 Å². The van der Waals surface area contributed by atoms with Gasteiger partial charge in [0.1, 0.15) is 5.60 Å². The van der Waals surface area contributed by atoms with Crippen LogP contribution in [-0.2, 0) is 10.5 Å². The zero-order valence-electron chi connectivity index (χ0n) is 13.0. The van der Waals surface area contributed by atoms with Crippen LogP contribution >= 0.6 is 11.8 Å². The molecule has 0 bridgehead atoms. The lowest BCUT2D eigenvalue weighted by molar-refractivity contribution is 0.0242. The summed E-state index contributed by atoms with van der Waals surface area (Å²) in [7, 11) is 0. The molecule has 0 aliphatic carbocycles. The zero-order valence-corrected chi connectivity index (χ0v) is 13.9. The maximum Gasteiger partial charge on any atom is 0.410 e. The van der Waals surface area contributed by atoms with Crippen molar-refractivity contribution in [1.82, 2.24) is 9.88 Å². The maximum atomic E-state index is 12.2. The molecule has 1 aromatic rings. The third kappa shape index (κ3) is 5.23. The van der Waals surface area contributed by atoms with Crippen LogP contribution in [0.2, 0.25) is 0 Å². The Morgan fingerprint density at radius 2 is 2.14 bits per heavy atom. The lowest BCUT2D eigenvalue weighted by Gasteiger charge is -2.28. The van der Waals surface area contributed by atoms with Crippen LogP contribution in [0.5, 0.6) is 0 Å². The van der Waals surface area contributed by atoms with Crippen molar-refractivity contribution in [3.05, 3.63) is 30.1 Å². The predicted octanol–water partition coefficient (Wildman–Crippen LogP) is 3.71. The van der Waals surface area contributed by atoms with Gasteiger partial charge in [0.15, 0.2) is 0 Å². The number of thioether (sulfide) groups is 1. The molecule has 4 nitrogen and oxygen atoms in total. The molecule has 0 unspecified atom stereocenters. The fourth-order valence-corrected chi connectivity index (χ4v) is 3.53. The summed E-state index contributed by atoms with van der Waals surface area (Å²) in [6, 6.07) is 4.37. The van der Waals surface area contributed by atoms with Gasteiger partial charge in [-0.2, -0.15) is 11.8 Å². The molecule has 5 heteroatoms. The van der Waals surface area contributed by atoms with Gasteiger partial charge >= 0.3 is 6.09 Å². The summed E-state index contributed by atoms with van der Waals surface area (Å²) in [4.78, 5) is 18.1. The molecule has 0 spiro atoms. The lowest BCUT2D eigenvalue weighted by atomic mass is 10.2. The van der Waals surface area contributed by atoms with Crippen LogP contribution in [0.4, 0.5) is 4.79 Å². The number of hydrogen-bond acceptors (Lipinski definition) is 4. The standard InChI is InChI=1S/C16H24N2O2S/c1-16(2,3)20-15(19)18-10-4-5-14(18)12-21-11-13-6-8-17-9-7-13/h6-9,14H,4-5,10-12H2,1-3H3/t14-/m0/s1. The van der Waals surface area contributed by atoms with Gasteiger partial charge < -0.3 is 9.64 Å². The molecule has 0 aromatic carbocycles. The van der Waals surface area contributed by atoms with Crippen molar-refractivity contribution >= 4 is 17.9 Å². The SMILES string of the molecule is CC(C)(C)OC(=O)N1CCC[C@H]1CSCc1ccncc1. The van der Waals surface area contributed by atoms with E-state index in [1.165, 1.54) is 5.56 Å². The average molecular weight is 308 g/mol. The second-order valence-corrected chi connectivity index (χ2v) is 7.37. The smallest absolute Gasteiger partial charge is 0.410 e. The molecule has 116 valence electrons. The van der Waals surface area contributed by atoms with E-state index in [4.69, 9.17) is 4.74 Å². The average Bonchev–Trinajstić information content (AvgIpc) is 2.86. The molecule has 0 saturated carbocycles. The fraction of sp³-hybridized carbons (Fsp3) is 0.625. The van der Waals surface area contributed by atoms with E-state index in [1.807, 2.05) is 62.0 Å². The van der Waals surface area contributed by atoms with Crippen molar-refractivity contribution in [3.8, 4) is 0 Å². The van der Waals surface area contributed by atoms with Crippen molar-refractivity contribution in [2.45, 2.75) is 51.0 Å². The van der Waals surface area contributed by atoms with Gasteiger partial charge in [0, 0.05) is 36.5 Å². The number of aromatic nitrogens is 1. The second kappa shape index (κ2) is 7.16. The summed E-state index contributed by atoms with van der Waals surface area (Å²) in [5.41, 5.74) is 0.853. The monoisotopic (exact) mass is 308 g/mol. The van der Waals surface area contributed by atoms with Gasteiger partial charge in [-0.15, -0.1) is 0 Å². The zero-order chi connectivity index (χ0) is 15.3. The van der Waals surface area contributed by atoms with Crippen molar-refractivity contribution in [2.24, 2.45) is 0 Å². The van der Waals surface area contributed by atoms with Crippen LogP contribution < -0.4 is 0 Å². The Balaban J connectivity index is 1.80.